The van der Waals surface area contributed by atoms with Gasteiger partial charge in [0.05, 0.1) is 19.0 Å². The molecule has 2 aromatic rings. The molecular formula is C17H18N2O3. The van der Waals surface area contributed by atoms with Crippen LogP contribution >= 0.6 is 0 Å². The van der Waals surface area contributed by atoms with Crippen LogP contribution in [0, 0.1) is 0 Å². The van der Waals surface area contributed by atoms with Crippen LogP contribution in [0.2, 0.25) is 0 Å². The van der Waals surface area contributed by atoms with Crippen molar-refractivity contribution in [3.63, 3.8) is 0 Å². The molecule has 0 spiro atoms. The quantitative estimate of drug-likeness (QED) is 0.863. The number of aromatic nitrogens is 2. The van der Waals surface area contributed by atoms with Gasteiger partial charge in [0.2, 0.25) is 0 Å². The number of nitrogens with one attached hydrogen (secondary N) is 1. The van der Waals surface area contributed by atoms with Gasteiger partial charge in [0.25, 0.3) is 0 Å². The minimum Gasteiger partial charge on any atom is -0.481 e. The second kappa shape index (κ2) is 4.35. The van der Waals surface area contributed by atoms with E-state index in [9.17, 15) is 4.79 Å². The maximum absolute atomic E-state index is 12.2. The molecule has 0 amide bonds. The van der Waals surface area contributed by atoms with Crippen molar-refractivity contribution in [1.29, 1.82) is 0 Å². The largest absolute Gasteiger partial charge is 0.481 e. The molecular weight excluding hydrogens is 280 g/mol. The van der Waals surface area contributed by atoms with Gasteiger partial charge in [-0.15, -0.1) is 0 Å². The molecule has 114 valence electrons. The molecule has 22 heavy (non-hydrogen) atoms. The van der Waals surface area contributed by atoms with E-state index in [0.717, 1.165) is 41.0 Å². The van der Waals surface area contributed by atoms with Crippen molar-refractivity contribution in [2.75, 3.05) is 7.11 Å². The number of nitrogens with zero attached hydrogens (tertiary/aromatic N) is 1. The Morgan fingerprint density at radius 3 is 2.91 bits per heavy atom. The van der Waals surface area contributed by atoms with Crippen molar-refractivity contribution >= 4 is 5.97 Å². The minimum absolute atomic E-state index is 0.317. The van der Waals surface area contributed by atoms with E-state index in [0.29, 0.717) is 11.6 Å². The minimum atomic E-state index is -0.508. The fourth-order valence-corrected chi connectivity index (χ4v) is 3.38. The third-order valence-corrected chi connectivity index (χ3v) is 4.43. The molecule has 4 rings (SSSR count). The summed E-state index contributed by atoms with van der Waals surface area (Å²) in [7, 11) is 1.42. The van der Waals surface area contributed by atoms with E-state index in [1.165, 1.54) is 7.11 Å². The van der Waals surface area contributed by atoms with Gasteiger partial charge in [0.1, 0.15) is 17.0 Å². The number of pyridine rings is 1. The number of ether oxygens (including phenoxy) is 2. The molecule has 1 saturated carbocycles. The molecule has 5 heteroatoms. The van der Waals surface area contributed by atoms with E-state index >= 15 is 0 Å². The zero-order chi connectivity index (χ0) is 15.5. The lowest BCUT2D eigenvalue weighted by Crippen LogP contribution is -2.30. The molecule has 5 nitrogen and oxygen atoms in total. The SMILES string of the molecule is COC(=O)c1[nH]c2c(c1C1CC1)C(C)(C)Oc1cnccc1-2. The zero-order valence-electron chi connectivity index (χ0n) is 12.9. The average Bonchev–Trinajstić information content (AvgIpc) is 3.25. The first-order chi connectivity index (χ1) is 10.5. The van der Waals surface area contributed by atoms with Crippen LogP contribution in [0.15, 0.2) is 18.5 Å². The highest BCUT2D eigenvalue weighted by Crippen LogP contribution is 2.53. The van der Waals surface area contributed by atoms with Gasteiger partial charge in [-0.3, -0.25) is 4.98 Å². The lowest BCUT2D eigenvalue weighted by molar-refractivity contribution is 0.0593. The maximum atomic E-state index is 12.2. The maximum Gasteiger partial charge on any atom is 0.354 e. The van der Waals surface area contributed by atoms with Gasteiger partial charge in [0.15, 0.2) is 0 Å². The van der Waals surface area contributed by atoms with Crippen LogP contribution in [0.4, 0.5) is 0 Å². The number of aromatic amines is 1. The van der Waals surface area contributed by atoms with Crippen molar-refractivity contribution in [2.45, 2.75) is 38.2 Å². The van der Waals surface area contributed by atoms with Gasteiger partial charge < -0.3 is 14.5 Å². The number of hydrogen-bond acceptors (Lipinski definition) is 4. The van der Waals surface area contributed by atoms with Crippen LogP contribution in [-0.4, -0.2) is 23.0 Å². The molecule has 1 aliphatic carbocycles. The summed E-state index contributed by atoms with van der Waals surface area (Å²) in [6.07, 6.45) is 5.66. The number of fused-ring (bicyclic) bond motifs is 3. The van der Waals surface area contributed by atoms with E-state index in [-0.39, 0.29) is 5.97 Å². The Labute approximate surface area is 128 Å². The van der Waals surface area contributed by atoms with Gasteiger partial charge in [-0.25, -0.2) is 4.79 Å². The topological polar surface area (TPSA) is 64.2 Å². The number of rotatable bonds is 2. The average molecular weight is 298 g/mol. The van der Waals surface area contributed by atoms with Crippen LogP contribution in [0.25, 0.3) is 11.3 Å². The number of H-pyrrole nitrogens is 1. The molecule has 2 aromatic heterocycles. The molecule has 2 aliphatic rings. The second-order valence-corrected chi connectivity index (χ2v) is 6.41. The van der Waals surface area contributed by atoms with Crippen LogP contribution in [0.1, 0.15) is 54.2 Å². The summed E-state index contributed by atoms with van der Waals surface area (Å²) >= 11 is 0. The molecule has 1 N–H and O–H groups in total. The number of esters is 1. The third-order valence-electron chi connectivity index (χ3n) is 4.43. The Morgan fingerprint density at radius 1 is 1.45 bits per heavy atom. The van der Waals surface area contributed by atoms with Gasteiger partial charge in [-0.2, -0.15) is 0 Å². The molecule has 1 fully saturated rings. The fourth-order valence-electron chi connectivity index (χ4n) is 3.38. The summed E-state index contributed by atoms with van der Waals surface area (Å²) in [5.41, 5.74) is 4.10. The zero-order valence-corrected chi connectivity index (χ0v) is 12.9. The van der Waals surface area contributed by atoms with Gasteiger partial charge in [-0.1, -0.05) is 0 Å². The first-order valence-corrected chi connectivity index (χ1v) is 7.51. The number of methoxy groups -OCH3 is 1. The molecule has 0 unspecified atom stereocenters. The van der Waals surface area contributed by atoms with E-state index in [1.54, 1.807) is 12.4 Å². The van der Waals surface area contributed by atoms with Crippen molar-refractivity contribution in [2.24, 2.45) is 0 Å². The van der Waals surface area contributed by atoms with Crippen molar-refractivity contribution in [3.05, 3.63) is 35.3 Å². The number of carbonyl (C=O) groups is 1. The highest BCUT2D eigenvalue weighted by atomic mass is 16.5. The monoisotopic (exact) mass is 298 g/mol. The summed E-state index contributed by atoms with van der Waals surface area (Å²) < 4.78 is 11.1. The van der Waals surface area contributed by atoms with Crippen LogP contribution < -0.4 is 4.74 Å². The standard InChI is InChI=1S/C17H18N2O3/c1-17(2)13-12(9-4-5-9)15(16(20)21-3)19-14(13)10-6-7-18-8-11(10)22-17/h6-9,19H,4-5H2,1-3H3. The predicted molar refractivity (Wildman–Crippen MR) is 81.0 cm³/mol. The highest BCUT2D eigenvalue weighted by molar-refractivity contribution is 5.93. The van der Waals surface area contributed by atoms with Crippen LogP contribution in [0.3, 0.4) is 0 Å². The smallest absolute Gasteiger partial charge is 0.354 e. The van der Waals surface area contributed by atoms with E-state index in [4.69, 9.17) is 9.47 Å². The number of hydrogen-bond donors (Lipinski definition) is 1. The van der Waals surface area contributed by atoms with Crippen molar-refractivity contribution < 1.29 is 14.3 Å². The summed E-state index contributed by atoms with van der Waals surface area (Å²) in [5.74, 6) is 0.836. The van der Waals surface area contributed by atoms with Gasteiger partial charge in [0, 0.05) is 17.3 Å². The Bertz CT molecular complexity index is 772. The van der Waals surface area contributed by atoms with Crippen molar-refractivity contribution in [3.8, 4) is 17.0 Å². The normalized spacial score (nSPS) is 18.1. The summed E-state index contributed by atoms with van der Waals surface area (Å²) in [5, 5.41) is 0. The first-order valence-electron chi connectivity index (χ1n) is 7.51. The van der Waals surface area contributed by atoms with E-state index in [2.05, 4.69) is 9.97 Å². The lowest BCUT2D eigenvalue weighted by atomic mass is 9.87. The Hall–Kier alpha value is -2.30. The summed E-state index contributed by atoms with van der Waals surface area (Å²) in [4.78, 5) is 19.6. The molecule has 0 bridgehead atoms. The van der Waals surface area contributed by atoms with Crippen LogP contribution in [0.5, 0.6) is 5.75 Å². The van der Waals surface area contributed by atoms with Crippen LogP contribution in [-0.2, 0) is 10.3 Å². The second-order valence-electron chi connectivity index (χ2n) is 6.41. The Morgan fingerprint density at radius 2 is 2.23 bits per heavy atom. The summed E-state index contributed by atoms with van der Waals surface area (Å²) in [6, 6.07) is 1.91. The molecule has 3 heterocycles. The van der Waals surface area contributed by atoms with Gasteiger partial charge in [-0.05, 0) is 44.2 Å². The highest BCUT2D eigenvalue weighted by Gasteiger charge is 2.43. The molecule has 0 aromatic carbocycles. The summed E-state index contributed by atoms with van der Waals surface area (Å²) in [6.45, 7) is 4.06. The number of carbonyl (C=O) groups excluding carboxylic acids is 1. The predicted octanol–water partition coefficient (Wildman–Crippen LogP) is 3.37. The molecule has 0 atom stereocenters. The van der Waals surface area contributed by atoms with E-state index in [1.807, 2.05) is 19.9 Å². The lowest BCUT2D eigenvalue weighted by Gasteiger charge is -2.33. The van der Waals surface area contributed by atoms with Crippen molar-refractivity contribution in [1.82, 2.24) is 9.97 Å². The first kappa shape index (κ1) is 13.4. The fraction of sp³-hybridized carbons (Fsp3) is 0.412. The molecule has 1 aliphatic heterocycles. The third kappa shape index (κ3) is 1.78. The Balaban J connectivity index is 2.03. The molecule has 0 saturated heterocycles. The molecule has 0 radical (unpaired) electrons. The van der Waals surface area contributed by atoms with Gasteiger partial charge >= 0.3 is 5.97 Å². The van der Waals surface area contributed by atoms with E-state index < -0.39 is 5.60 Å². The Kier molecular flexibility index (Phi) is 2.64.